The van der Waals surface area contributed by atoms with Gasteiger partial charge in [-0.25, -0.2) is 4.98 Å². The molecule has 112 valence electrons. The quantitative estimate of drug-likeness (QED) is 0.798. The van der Waals surface area contributed by atoms with E-state index in [0.717, 1.165) is 30.5 Å². The molecule has 1 atom stereocenters. The second kappa shape index (κ2) is 5.21. The fourth-order valence-electron chi connectivity index (χ4n) is 3.22. The number of alkyl halides is 3. The van der Waals surface area contributed by atoms with Crippen molar-refractivity contribution >= 4 is 5.82 Å². The minimum Gasteiger partial charge on any atom is -0.355 e. The lowest BCUT2D eigenvalue weighted by molar-refractivity contribution is -0.176. The zero-order valence-electron chi connectivity index (χ0n) is 11.6. The maximum Gasteiger partial charge on any atom is 0.393 e. The molecule has 3 nitrogen and oxygen atoms in total. The van der Waals surface area contributed by atoms with Crippen molar-refractivity contribution in [3.63, 3.8) is 0 Å². The van der Waals surface area contributed by atoms with Gasteiger partial charge >= 0.3 is 6.18 Å². The summed E-state index contributed by atoms with van der Waals surface area (Å²) in [5, 5.41) is 9.27. The number of halogens is 3. The van der Waals surface area contributed by atoms with Gasteiger partial charge < -0.3 is 4.90 Å². The Kier molecular flexibility index (Phi) is 3.52. The normalized spacial score (nSPS) is 22.0. The van der Waals surface area contributed by atoms with E-state index in [0.29, 0.717) is 24.3 Å². The third-order valence-electron chi connectivity index (χ3n) is 4.33. The number of aromatic nitrogens is 1. The fraction of sp³-hybridized carbons (Fsp3) is 0.600. The van der Waals surface area contributed by atoms with Crippen molar-refractivity contribution in [2.45, 2.75) is 38.3 Å². The van der Waals surface area contributed by atoms with Gasteiger partial charge in [0.25, 0.3) is 0 Å². The van der Waals surface area contributed by atoms with Crippen molar-refractivity contribution < 1.29 is 13.2 Å². The van der Waals surface area contributed by atoms with E-state index < -0.39 is 12.1 Å². The zero-order chi connectivity index (χ0) is 15.0. The average Bonchev–Trinajstić information content (AvgIpc) is 2.92. The highest BCUT2D eigenvalue weighted by Gasteiger charge is 2.42. The van der Waals surface area contributed by atoms with E-state index in [-0.39, 0.29) is 13.0 Å². The van der Waals surface area contributed by atoms with Crippen LogP contribution >= 0.6 is 0 Å². The van der Waals surface area contributed by atoms with Crippen LogP contribution in [0, 0.1) is 17.2 Å². The second-order valence-corrected chi connectivity index (χ2v) is 5.76. The molecule has 0 N–H and O–H groups in total. The van der Waals surface area contributed by atoms with Gasteiger partial charge in [-0.05, 0) is 43.7 Å². The SMILES string of the molecule is N#Cc1cc2c(nc1N1CCC[C@@H](C(F)(F)F)C1)CCC2. The van der Waals surface area contributed by atoms with Crippen LogP contribution < -0.4 is 4.90 Å². The molecule has 1 fully saturated rings. The Bertz CT molecular complexity index is 589. The zero-order valence-corrected chi connectivity index (χ0v) is 11.6. The lowest BCUT2D eigenvalue weighted by atomic mass is 9.97. The van der Waals surface area contributed by atoms with Gasteiger partial charge in [-0.2, -0.15) is 18.4 Å². The molecule has 2 heterocycles. The van der Waals surface area contributed by atoms with E-state index in [1.807, 2.05) is 6.07 Å². The Morgan fingerprint density at radius 2 is 2.10 bits per heavy atom. The van der Waals surface area contributed by atoms with Crippen LogP contribution in [-0.4, -0.2) is 24.2 Å². The summed E-state index contributed by atoms with van der Waals surface area (Å²) < 4.78 is 38.8. The molecule has 0 unspecified atom stereocenters. The number of fused-ring (bicyclic) bond motifs is 1. The summed E-state index contributed by atoms with van der Waals surface area (Å²) >= 11 is 0. The first-order chi connectivity index (χ1) is 9.99. The summed E-state index contributed by atoms with van der Waals surface area (Å²) in [6.45, 7) is 0.441. The number of hydrogen-bond donors (Lipinski definition) is 0. The molecule has 1 aliphatic carbocycles. The van der Waals surface area contributed by atoms with Crippen LogP contribution in [0.3, 0.4) is 0 Å². The van der Waals surface area contributed by atoms with Gasteiger partial charge in [0.05, 0.1) is 11.5 Å². The van der Waals surface area contributed by atoms with Crippen LogP contribution in [0.1, 0.15) is 36.1 Å². The van der Waals surface area contributed by atoms with Gasteiger partial charge in [0, 0.05) is 18.8 Å². The van der Waals surface area contributed by atoms with Crippen LogP contribution in [0.2, 0.25) is 0 Å². The highest BCUT2D eigenvalue weighted by Crippen LogP contribution is 2.36. The summed E-state index contributed by atoms with van der Waals surface area (Å²) in [7, 11) is 0. The summed E-state index contributed by atoms with van der Waals surface area (Å²) in [4.78, 5) is 6.14. The average molecular weight is 295 g/mol. The fourth-order valence-corrected chi connectivity index (χ4v) is 3.22. The molecule has 0 aromatic carbocycles. The van der Waals surface area contributed by atoms with Crippen molar-refractivity contribution in [2.75, 3.05) is 18.0 Å². The molecule has 1 aromatic heterocycles. The third kappa shape index (κ3) is 2.69. The van der Waals surface area contributed by atoms with Crippen LogP contribution in [0.5, 0.6) is 0 Å². The Morgan fingerprint density at radius 3 is 2.81 bits per heavy atom. The van der Waals surface area contributed by atoms with Crippen LogP contribution in [0.25, 0.3) is 0 Å². The standard InChI is InChI=1S/C15H16F3N3/c16-15(17,18)12-4-2-6-21(9-12)14-11(8-19)7-10-3-1-5-13(10)20-14/h7,12H,1-6,9H2/t12-/m1/s1. The molecule has 0 radical (unpaired) electrons. The van der Waals surface area contributed by atoms with Crippen LogP contribution in [0.4, 0.5) is 19.0 Å². The minimum atomic E-state index is -4.18. The summed E-state index contributed by atoms with van der Waals surface area (Å²) in [6, 6.07) is 3.90. The summed E-state index contributed by atoms with van der Waals surface area (Å²) in [6.07, 6.45) is -0.780. The predicted molar refractivity (Wildman–Crippen MR) is 72.0 cm³/mol. The first-order valence-corrected chi connectivity index (χ1v) is 7.23. The highest BCUT2D eigenvalue weighted by atomic mass is 19.4. The minimum absolute atomic E-state index is 0.0933. The summed E-state index contributed by atoms with van der Waals surface area (Å²) in [5.41, 5.74) is 2.41. The van der Waals surface area contributed by atoms with Gasteiger partial charge in [-0.1, -0.05) is 0 Å². The van der Waals surface area contributed by atoms with E-state index in [2.05, 4.69) is 11.1 Å². The number of rotatable bonds is 1. The number of pyridine rings is 1. The first kappa shape index (κ1) is 14.2. The van der Waals surface area contributed by atoms with Crippen molar-refractivity contribution in [3.05, 3.63) is 22.9 Å². The molecule has 2 aliphatic rings. The predicted octanol–water partition coefficient (Wildman–Crippen LogP) is 3.22. The lowest BCUT2D eigenvalue weighted by Crippen LogP contribution is -2.42. The highest BCUT2D eigenvalue weighted by molar-refractivity contribution is 5.57. The van der Waals surface area contributed by atoms with Crippen molar-refractivity contribution in [1.29, 1.82) is 5.26 Å². The largest absolute Gasteiger partial charge is 0.393 e. The van der Waals surface area contributed by atoms with Crippen LogP contribution in [-0.2, 0) is 12.8 Å². The molecule has 0 saturated carbocycles. The van der Waals surface area contributed by atoms with E-state index in [1.165, 1.54) is 0 Å². The van der Waals surface area contributed by atoms with E-state index in [4.69, 9.17) is 0 Å². The number of anilines is 1. The molecular formula is C15H16F3N3. The smallest absolute Gasteiger partial charge is 0.355 e. The number of hydrogen-bond acceptors (Lipinski definition) is 3. The molecule has 3 rings (SSSR count). The van der Waals surface area contributed by atoms with Crippen LogP contribution in [0.15, 0.2) is 6.07 Å². The first-order valence-electron chi connectivity index (χ1n) is 7.23. The monoisotopic (exact) mass is 295 g/mol. The maximum atomic E-state index is 12.9. The van der Waals surface area contributed by atoms with Gasteiger partial charge in [0.1, 0.15) is 11.9 Å². The molecule has 1 aromatic rings. The number of aryl methyl sites for hydroxylation is 2. The lowest BCUT2D eigenvalue weighted by Gasteiger charge is -2.35. The van der Waals surface area contributed by atoms with Gasteiger partial charge in [-0.15, -0.1) is 0 Å². The molecule has 0 bridgehead atoms. The summed E-state index contributed by atoms with van der Waals surface area (Å²) in [5.74, 6) is -0.889. The third-order valence-corrected chi connectivity index (χ3v) is 4.33. The molecular weight excluding hydrogens is 279 g/mol. The van der Waals surface area contributed by atoms with Gasteiger partial charge in [0.15, 0.2) is 0 Å². The van der Waals surface area contributed by atoms with Crippen molar-refractivity contribution in [2.24, 2.45) is 5.92 Å². The topological polar surface area (TPSA) is 39.9 Å². The van der Waals surface area contributed by atoms with E-state index >= 15 is 0 Å². The Balaban J connectivity index is 1.91. The number of nitrogens with zero attached hydrogens (tertiary/aromatic N) is 3. The molecule has 0 spiro atoms. The second-order valence-electron chi connectivity index (χ2n) is 5.76. The van der Waals surface area contributed by atoms with Crippen molar-refractivity contribution in [3.8, 4) is 6.07 Å². The molecule has 0 amide bonds. The molecule has 6 heteroatoms. The van der Waals surface area contributed by atoms with Crippen molar-refractivity contribution in [1.82, 2.24) is 4.98 Å². The number of piperidine rings is 1. The van der Waals surface area contributed by atoms with E-state index in [1.54, 1.807) is 4.90 Å². The van der Waals surface area contributed by atoms with Gasteiger partial charge in [0.2, 0.25) is 0 Å². The molecule has 21 heavy (non-hydrogen) atoms. The Hall–Kier alpha value is -1.77. The Labute approximate surface area is 121 Å². The molecule has 1 saturated heterocycles. The Morgan fingerprint density at radius 1 is 1.29 bits per heavy atom. The number of nitriles is 1. The molecule has 1 aliphatic heterocycles. The van der Waals surface area contributed by atoms with E-state index in [9.17, 15) is 18.4 Å². The van der Waals surface area contributed by atoms with Gasteiger partial charge in [-0.3, -0.25) is 0 Å². The maximum absolute atomic E-state index is 12.9.